The Bertz CT molecular complexity index is 691. The van der Waals surface area contributed by atoms with Gasteiger partial charge in [0.2, 0.25) is 0 Å². The number of alkyl halides is 2. The quantitative estimate of drug-likeness (QED) is 0.935. The molecule has 3 rings (SSSR count). The van der Waals surface area contributed by atoms with E-state index in [1.807, 2.05) is 30.3 Å². The number of alkyl carbamates (subject to hydrolysis) is 1. The largest absolute Gasteiger partial charge is 0.489 e. The summed E-state index contributed by atoms with van der Waals surface area (Å²) >= 11 is 0. The summed E-state index contributed by atoms with van der Waals surface area (Å²) in [5.74, 6) is -2.71. The minimum Gasteiger partial charge on any atom is -0.489 e. The SMILES string of the molecule is O=C1N[C@@H](c2cccc(OCc3ccccc3)c2)C(F)(F)CO1. The van der Waals surface area contributed by atoms with E-state index in [0.29, 0.717) is 12.4 Å². The molecular formula is C17H15F2NO3. The minimum absolute atomic E-state index is 0.275. The highest BCUT2D eigenvalue weighted by Gasteiger charge is 2.46. The van der Waals surface area contributed by atoms with Crippen molar-refractivity contribution in [3.63, 3.8) is 0 Å². The number of halogens is 2. The van der Waals surface area contributed by atoms with Crippen LogP contribution in [-0.2, 0) is 11.3 Å². The van der Waals surface area contributed by atoms with Gasteiger partial charge in [0.1, 0.15) is 18.4 Å². The van der Waals surface area contributed by atoms with Gasteiger partial charge in [0, 0.05) is 0 Å². The number of hydrogen-bond donors (Lipinski definition) is 1. The van der Waals surface area contributed by atoms with Crippen molar-refractivity contribution in [2.24, 2.45) is 0 Å². The van der Waals surface area contributed by atoms with Crippen molar-refractivity contribution < 1.29 is 23.0 Å². The van der Waals surface area contributed by atoms with Crippen molar-refractivity contribution in [3.8, 4) is 5.75 Å². The lowest BCUT2D eigenvalue weighted by molar-refractivity contribution is -0.104. The number of carbonyl (C=O) groups is 1. The van der Waals surface area contributed by atoms with E-state index in [2.05, 4.69) is 10.1 Å². The molecule has 0 aromatic heterocycles. The van der Waals surface area contributed by atoms with Gasteiger partial charge in [-0.2, -0.15) is 0 Å². The van der Waals surface area contributed by atoms with Crippen molar-refractivity contribution >= 4 is 6.09 Å². The number of ether oxygens (including phenoxy) is 2. The van der Waals surface area contributed by atoms with Crippen molar-refractivity contribution in [2.75, 3.05) is 6.61 Å². The summed E-state index contributed by atoms with van der Waals surface area (Å²) in [5.41, 5.74) is 1.25. The zero-order valence-corrected chi connectivity index (χ0v) is 12.2. The number of cyclic esters (lactones) is 1. The van der Waals surface area contributed by atoms with Gasteiger partial charge >= 0.3 is 12.0 Å². The predicted octanol–water partition coefficient (Wildman–Crippen LogP) is 3.68. The predicted molar refractivity (Wildman–Crippen MR) is 79.4 cm³/mol. The van der Waals surface area contributed by atoms with Crippen molar-refractivity contribution in [2.45, 2.75) is 18.6 Å². The van der Waals surface area contributed by atoms with Crippen molar-refractivity contribution in [1.29, 1.82) is 0 Å². The molecule has 1 atom stereocenters. The molecule has 0 unspecified atom stereocenters. The summed E-state index contributed by atoms with van der Waals surface area (Å²) in [6.45, 7) is -0.598. The van der Waals surface area contributed by atoms with E-state index in [9.17, 15) is 13.6 Å². The molecule has 1 amide bonds. The number of amides is 1. The van der Waals surface area contributed by atoms with Crippen LogP contribution < -0.4 is 10.1 Å². The van der Waals surface area contributed by atoms with Gasteiger partial charge in [0.15, 0.2) is 6.61 Å². The van der Waals surface area contributed by atoms with Crippen LogP contribution in [0.3, 0.4) is 0 Å². The number of hydrogen-bond acceptors (Lipinski definition) is 3. The molecule has 1 saturated heterocycles. The highest BCUT2D eigenvalue weighted by atomic mass is 19.3. The lowest BCUT2D eigenvalue weighted by Gasteiger charge is -2.31. The molecule has 4 nitrogen and oxygen atoms in total. The Kier molecular flexibility index (Phi) is 4.14. The molecule has 1 N–H and O–H groups in total. The second-order valence-corrected chi connectivity index (χ2v) is 5.26. The molecule has 0 radical (unpaired) electrons. The van der Waals surface area contributed by atoms with Gasteiger partial charge in [-0.1, -0.05) is 42.5 Å². The van der Waals surface area contributed by atoms with Gasteiger partial charge in [0.25, 0.3) is 0 Å². The topological polar surface area (TPSA) is 47.6 Å². The molecule has 1 fully saturated rings. The fraction of sp³-hybridized carbons (Fsp3) is 0.235. The van der Waals surface area contributed by atoms with Crippen molar-refractivity contribution in [1.82, 2.24) is 5.32 Å². The number of rotatable bonds is 4. The van der Waals surface area contributed by atoms with Crippen LogP contribution in [0.4, 0.5) is 13.6 Å². The molecule has 1 aliphatic heterocycles. The molecule has 23 heavy (non-hydrogen) atoms. The fourth-order valence-electron chi connectivity index (χ4n) is 2.36. The highest BCUT2D eigenvalue weighted by Crippen LogP contribution is 2.35. The van der Waals surface area contributed by atoms with Gasteiger partial charge in [-0.3, -0.25) is 0 Å². The Hall–Kier alpha value is -2.63. The average Bonchev–Trinajstić information content (AvgIpc) is 2.56. The van der Waals surface area contributed by atoms with Crippen LogP contribution in [0.15, 0.2) is 54.6 Å². The monoisotopic (exact) mass is 319 g/mol. The second-order valence-electron chi connectivity index (χ2n) is 5.26. The summed E-state index contributed by atoms with van der Waals surface area (Å²) in [6, 6.07) is 14.4. The van der Waals surface area contributed by atoms with Gasteiger partial charge < -0.3 is 14.8 Å². The molecule has 120 valence electrons. The van der Waals surface area contributed by atoms with E-state index >= 15 is 0 Å². The summed E-state index contributed by atoms with van der Waals surface area (Å²) in [7, 11) is 0. The highest BCUT2D eigenvalue weighted by molar-refractivity contribution is 5.69. The second kappa shape index (κ2) is 6.24. The Morgan fingerprint density at radius 3 is 2.74 bits per heavy atom. The number of nitrogens with one attached hydrogen (secondary N) is 1. The van der Waals surface area contributed by atoms with E-state index in [1.165, 1.54) is 12.1 Å². The first-order valence-corrected chi connectivity index (χ1v) is 7.12. The van der Waals surface area contributed by atoms with Crippen LogP contribution in [0.5, 0.6) is 5.75 Å². The summed E-state index contributed by atoms with van der Waals surface area (Å²) in [4.78, 5) is 11.2. The van der Waals surface area contributed by atoms with E-state index in [-0.39, 0.29) is 5.56 Å². The van der Waals surface area contributed by atoms with Crippen LogP contribution in [0.25, 0.3) is 0 Å². The average molecular weight is 319 g/mol. The maximum Gasteiger partial charge on any atom is 0.408 e. The molecule has 1 heterocycles. The first kappa shape index (κ1) is 15.3. The van der Waals surface area contributed by atoms with E-state index in [1.54, 1.807) is 12.1 Å². The summed E-state index contributed by atoms with van der Waals surface area (Å²) < 4.78 is 37.8. The zero-order chi connectivity index (χ0) is 16.3. The molecule has 6 heteroatoms. The molecule has 1 aliphatic rings. The van der Waals surface area contributed by atoms with Crippen LogP contribution in [0, 0.1) is 0 Å². The van der Waals surface area contributed by atoms with Crippen LogP contribution >= 0.6 is 0 Å². The number of benzene rings is 2. The van der Waals surface area contributed by atoms with E-state index in [0.717, 1.165) is 5.56 Å². The lowest BCUT2D eigenvalue weighted by Crippen LogP contribution is -2.49. The minimum atomic E-state index is -3.17. The fourth-order valence-corrected chi connectivity index (χ4v) is 2.36. The van der Waals surface area contributed by atoms with Crippen molar-refractivity contribution in [3.05, 3.63) is 65.7 Å². The van der Waals surface area contributed by atoms with Gasteiger partial charge in [0.05, 0.1) is 0 Å². The number of carbonyl (C=O) groups excluding carboxylic acids is 1. The first-order chi connectivity index (χ1) is 11.0. The lowest BCUT2D eigenvalue weighted by atomic mass is 10.00. The smallest absolute Gasteiger partial charge is 0.408 e. The standard InChI is InChI=1S/C17H15F2NO3/c18-17(19)11-23-16(21)20-15(17)13-7-4-8-14(9-13)22-10-12-5-2-1-3-6-12/h1-9,15H,10-11H2,(H,20,21)/t15-/m0/s1. The maximum absolute atomic E-state index is 13.9. The van der Waals surface area contributed by atoms with Gasteiger partial charge in [-0.15, -0.1) is 0 Å². The third-order valence-corrected chi connectivity index (χ3v) is 3.52. The summed E-state index contributed by atoms with van der Waals surface area (Å²) in [6.07, 6.45) is -0.850. The first-order valence-electron chi connectivity index (χ1n) is 7.12. The zero-order valence-electron chi connectivity index (χ0n) is 12.2. The Labute approximate surface area is 132 Å². The van der Waals surface area contributed by atoms with E-state index < -0.39 is 24.7 Å². The molecule has 0 bridgehead atoms. The summed E-state index contributed by atoms with van der Waals surface area (Å²) in [5, 5.41) is 2.16. The Balaban J connectivity index is 1.75. The molecule has 0 saturated carbocycles. The normalized spacial score (nSPS) is 19.6. The molecular weight excluding hydrogens is 304 g/mol. The maximum atomic E-state index is 13.9. The van der Waals surface area contributed by atoms with Crippen LogP contribution in [0.2, 0.25) is 0 Å². The molecule has 2 aromatic rings. The molecule has 0 aliphatic carbocycles. The van der Waals surface area contributed by atoms with E-state index in [4.69, 9.17) is 4.74 Å². The van der Waals surface area contributed by atoms with Gasteiger partial charge in [-0.25, -0.2) is 13.6 Å². The molecule has 0 spiro atoms. The third-order valence-electron chi connectivity index (χ3n) is 3.52. The Morgan fingerprint density at radius 1 is 1.17 bits per heavy atom. The van der Waals surface area contributed by atoms with Crippen LogP contribution in [-0.4, -0.2) is 18.6 Å². The third kappa shape index (κ3) is 3.59. The Morgan fingerprint density at radius 2 is 1.96 bits per heavy atom. The van der Waals surface area contributed by atoms with Crippen LogP contribution in [0.1, 0.15) is 17.2 Å². The molecule has 2 aromatic carbocycles. The van der Waals surface area contributed by atoms with Gasteiger partial charge in [-0.05, 0) is 23.3 Å².